The molecule has 3 aromatic rings. The van der Waals surface area contributed by atoms with E-state index < -0.39 is 6.04 Å². The third-order valence-electron chi connectivity index (χ3n) is 6.94. The Morgan fingerprint density at radius 2 is 1.74 bits per heavy atom. The minimum absolute atomic E-state index is 0.00331. The van der Waals surface area contributed by atoms with Crippen LogP contribution in [-0.2, 0) is 4.79 Å². The van der Waals surface area contributed by atoms with Crippen molar-refractivity contribution in [3.63, 3.8) is 0 Å². The van der Waals surface area contributed by atoms with Crippen molar-refractivity contribution < 1.29 is 19.4 Å². The molecule has 1 N–H and O–H groups in total. The summed E-state index contributed by atoms with van der Waals surface area (Å²) in [4.78, 5) is 32.6. The molecule has 0 saturated carbocycles. The molecule has 0 aliphatic carbocycles. The van der Waals surface area contributed by atoms with E-state index in [2.05, 4.69) is 4.90 Å². The van der Waals surface area contributed by atoms with Crippen molar-refractivity contribution in [3.05, 3.63) is 66.2 Å². The Labute approximate surface area is 199 Å². The molecule has 0 bridgehead atoms. The summed E-state index contributed by atoms with van der Waals surface area (Å²) < 4.78 is 5.33. The first-order valence-corrected chi connectivity index (χ1v) is 11.8. The summed E-state index contributed by atoms with van der Waals surface area (Å²) >= 11 is 0. The van der Waals surface area contributed by atoms with Gasteiger partial charge in [0.15, 0.2) is 0 Å². The molecule has 2 aliphatic rings. The van der Waals surface area contributed by atoms with Crippen molar-refractivity contribution in [1.29, 1.82) is 0 Å². The summed E-state index contributed by atoms with van der Waals surface area (Å²) in [6, 6.07) is 18.4. The highest BCUT2D eigenvalue weighted by molar-refractivity contribution is 6.05. The van der Waals surface area contributed by atoms with Crippen LogP contribution in [0.2, 0.25) is 0 Å². The first kappa shape index (κ1) is 22.1. The van der Waals surface area contributed by atoms with E-state index in [0.29, 0.717) is 31.4 Å². The van der Waals surface area contributed by atoms with Crippen LogP contribution in [0.25, 0.3) is 10.8 Å². The topological polar surface area (TPSA) is 73.3 Å². The van der Waals surface area contributed by atoms with Crippen molar-refractivity contribution in [2.24, 2.45) is 0 Å². The van der Waals surface area contributed by atoms with Gasteiger partial charge in [-0.2, -0.15) is 0 Å². The van der Waals surface area contributed by atoms with E-state index in [4.69, 9.17) is 4.74 Å². The summed E-state index contributed by atoms with van der Waals surface area (Å²) in [5.74, 6) is 0.506. The molecule has 2 saturated heterocycles. The van der Waals surface area contributed by atoms with E-state index >= 15 is 0 Å². The van der Waals surface area contributed by atoms with Crippen molar-refractivity contribution in [2.75, 3.05) is 44.7 Å². The van der Waals surface area contributed by atoms with Gasteiger partial charge in [0.2, 0.25) is 5.91 Å². The Morgan fingerprint density at radius 3 is 2.53 bits per heavy atom. The molecule has 0 radical (unpaired) electrons. The standard InChI is InChI=1S/C27H29N3O4/c1-34-21-8-4-7-20(18-21)28-14-16-29(17-15-28)27(33)24-10-5-13-30(24)26(32)23-12-11-19-6-2-3-9-22(19)25(23)31/h2-4,6-9,11-12,18,24,31H,5,10,13-17H2,1H3. The number of phenols is 1. The fourth-order valence-electron chi connectivity index (χ4n) is 5.05. The first-order valence-electron chi connectivity index (χ1n) is 11.8. The highest BCUT2D eigenvalue weighted by Gasteiger charge is 2.38. The van der Waals surface area contributed by atoms with Gasteiger partial charge in [-0.05, 0) is 36.4 Å². The van der Waals surface area contributed by atoms with Gasteiger partial charge in [-0.25, -0.2) is 0 Å². The first-order chi connectivity index (χ1) is 16.6. The van der Waals surface area contributed by atoms with Gasteiger partial charge in [0, 0.05) is 49.9 Å². The van der Waals surface area contributed by atoms with Gasteiger partial charge in [0.1, 0.15) is 17.5 Å². The monoisotopic (exact) mass is 459 g/mol. The normalized spacial score (nSPS) is 18.4. The second-order valence-electron chi connectivity index (χ2n) is 8.85. The van der Waals surface area contributed by atoms with Crippen LogP contribution in [0.4, 0.5) is 5.69 Å². The average molecular weight is 460 g/mol. The maximum atomic E-state index is 13.4. The van der Waals surface area contributed by atoms with Crippen molar-refractivity contribution in [2.45, 2.75) is 18.9 Å². The number of rotatable bonds is 4. The summed E-state index contributed by atoms with van der Waals surface area (Å²) in [7, 11) is 1.65. The summed E-state index contributed by atoms with van der Waals surface area (Å²) in [5.41, 5.74) is 1.33. The lowest BCUT2D eigenvalue weighted by molar-refractivity contribution is -0.135. The molecule has 1 unspecified atom stereocenters. The lowest BCUT2D eigenvalue weighted by Gasteiger charge is -2.38. The van der Waals surface area contributed by atoms with Crippen LogP contribution in [-0.4, -0.2) is 72.6 Å². The van der Waals surface area contributed by atoms with Gasteiger partial charge in [0.25, 0.3) is 5.91 Å². The van der Waals surface area contributed by atoms with Crippen LogP contribution in [0.1, 0.15) is 23.2 Å². The summed E-state index contributed by atoms with van der Waals surface area (Å²) in [6.07, 6.45) is 1.43. The molecular formula is C27H29N3O4. The van der Waals surface area contributed by atoms with Gasteiger partial charge in [-0.1, -0.05) is 36.4 Å². The molecular weight excluding hydrogens is 430 g/mol. The number of phenolic OH excluding ortho intramolecular Hbond substituents is 1. The quantitative estimate of drug-likeness (QED) is 0.647. The van der Waals surface area contributed by atoms with Crippen molar-refractivity contribution >= 4 is 28.3 Å². The van der Waals surface area contributed by atoms with Gasteiger partial charge < -0.3 is 24.5 Å². The van der Waals surface area contributed by atoms with Crippen LogP contribution in [0, 0.1) is 0 Å². The zero-order chi connectivity index (χ0) is 23.7. The van der Waals surface area contributed by atoms with Crippen LogP contribution < -0.4 is 9.64 Å². The number of piperazine rings is 1. The molecule has 1 atom stereocenters. The van der Waals surface area contributed by atoms with Gasteiger partial charge in [-0.3, -0.25) is 9.59 Å². The number of amides is 2. The molecule has 5 rings (SSSR count). The number of nitrogens with zero attached hydrogens (tertiary/aromatic N) is 3. The minimum atomic E-state index is -0.485. The predicted molar refractivity (Wildman–Crippen MR) is 131 cm³/mol. The third kappa shape index (κ3) is 4.02. The SMILES string of the molecule is COc1cccc(N2CCN(C(=O)C3CCCN3C(=O)c3ccc4ccccc4c3O)CC2)c1. The number of ether oxygens (including phenoxy) is 1. The number of aromatic hydroxyl groups is 1. The van der Waals surface area contributed by atoms with Crippen LogP contribution in [0.5, 0.6) is 11.5 Å². The highest BCUT2D eigenvalue weighted by atomic mass is 16.5. The molecule has 3 aromatic carbocycles. The largest absolute Gasteiger partial charge is 0.506 e. The lowest BCUT2D eigenvalue weighted by Crippen LogP contribution is -2.54. The molecule has 2 fully saturated rings. The Bertz CT molecular complexity index is 1220. The molecule has 176 valence electrons. The lowest BCUT2D eigenvalue weighted by atomic mass is 10.0. The molecule has 2 amide bonds. The van der Waals surface area contributed by atoms with E-state index in [0.717, 1.165) is 36.3 Å². The smallest absolute Gasteiger partial charge is 0.258 e. The zero-order valence-electron chi connectivity index (χ0n) is 19.3. The van der Waals surface area contributed by atoms with Gasteiger partial charge in [0.05, 0.1) is 12.7 Å². The predicted octanol–water partition coefficient (Wildman–Crippen LogP) is 3.51. The van der Waals surface area contributed by atoms with Crippen molar-refractivity contribution in [1.82, 2.24) is 9.80 Å². The van der Waals surface area contributed by atoms with E-state index in [1.807, 2.05) is 53.4 Å². The average Bonchev–Trinajstić information content (AvgIpc) is 3.38. The minimum Gasteiger partial charge on any atom is -0.506 e. The maximum absolute atomic E-state index is 13.4. The Hall–Kier alpha value is -3.74. The molecule has 7 nitrogen and oxygen atoms in total. The highest BCUT2D eigenvalue weighted by Crippen LogP contribution is 2.32. The van der Waals surface area contributed by atoms with E-state index in [1.165, 1.54) is 0 Å². The van der Waals surface area contributed by atoms with E-state index in [1.54, 1.807) is 24.1 Å². The van der Waals surface area contributed by atoms with Crippen molar-refractivity contribution in [3.8, 4) is 11.5 Å². The molecule has 0 spiro atoms. The molecule has 2 aliphatic heterocycles. The van der Waals surface area contributed by atoms with Gasteiger partial charge in [-0.15, -0.1) is 0 Å². The van der Waals surface area contributed by atoms with E-state index in [-0.39, 0.29) is 23.1 Å². The fourth-order valence-corrected chi connectivity index (χ4v) is 5.05. The second kappa shape index (κ2) is 9.25. The Morgan fingerprint density at radius 1 is 0.941 bits per heavy atom. The number of likely N-dealkylation sites (tertiary alicyclic amines) is 1. The Kier molecular flexibility index (Phi) is 6.01. The molecule has 34 heavy (non-hydrogen) atoms. The number of fused-ring (bicyclic) bond motifs is 1. The second-order valence-corrected chi connectivity index (χ2v) is 8.85. The number of hydrogen-bond acceptors (Lipinski definition) is 5. The summed E-state index contributed by atoms with van der Waals surface area (Å²) in [5, 5.41) is 12.3. The van der Waals surface area contributed by atoms with Crippen LogP contribution in [0.3, 0.4) is 0 Å². The fraction of sp³-hybridized carbons (Fsp3) is 0.333. The Balaban J connectivity index is 1.28. The molecule has 0 aromatic heterocycles. The van der Waals surface area contributed by atoms with Crippen LogP contribution in [0.15, 0.2) is 60.7 Å². The number of anilines is 1. The van der Waals surface area contributed by atoms with Gasteiger partial charge >= 0.3 is 0 Å². The number of hydrogen-bond donors (Lipinski definition) is 1. The molecule has 2 heterocycles. The molecule has 7 heteroatoms. The van der Waals surface area contributed by atoms with E-state index in [9.17, 15) is 14.7 Å². The number of carbonyl (C=O) groups is 2. The zero-order valence-corrected chi connectivity index (χ0v) is 19.3. The summed E-state index contributed by atoms with van der Waals surface area (Å²) in [6.45, 7) is 3.19. The number of benzene rings is 3. The number of carbonyl (C=O) groups excluding carboxylic acids is 2. The maximum Gasteiger partial charge on any atom is 0.258 e. The third-order valence-corrected chi connectivity index (χ3v) is 6.94. The number of methoxy groups -OCH3 is 1. The van der Waals surface area contributed by atoms with Crippen LogP contribution >= 0.6 is 0 Å².